The van der Waals surface area contributed by atoms with Crippen molar-refractivity contribution in [1.29, 1.82) is 0 Å². The molecule has 0 aromatic heterocycles. The van der Waals surface area contributed by atoms with E-state index in [2.05, 4.69) is 11.1 Å². The predicted octanol–water partition coefficient (Wildman–Crippen LogP) is 2.07. The molecule has 0 aliphatic carbocycles. The van der Waals surface area contributed by atoms with E-state index in [1.165, 1.54) is 0 Å². The van der Waals surface area contributed by atoms with E-state index < -0.39 is 0 Å². The fourth-order valence-corrected chi connectivity index (χ4v) is 0.675. The van der Waals surface area contributed by atoms with Crippen LogP contribution >= 0.6 is 0 Å². The first-order chi connectivity index (χ1) is 4.88. The first-order valence-electron chi connectivity index (χ1n) is 2.77. The van der Waals surface area contributed by atoms with Gasteiger partial charge in [0.15, 0.2) is 0 Å². The van der Waals surface area contributed by atoms with Gasteiger partial charge in [-0.05, 0) is 17.3 Å². The van der Waals surface area contributed by atoms with Crippen molar-refractivity contribution in [1.82, 2.24) is 0 Å². The average Bonchev–Trinajstić information content (AvgIpc) is 2.04. The number of nitroso groups, excluding NO2 is 1. The molecule has 0 bridgehead atoms. The number of rotatable bonds is 1. The molecule has 10 heavy (non-hydrogen) atoms. The molecule has 0 aliphatic heterocycles. The van der Waals surface area contributed by atoms with Crippen LogP contribution in [0.3, 0.4) is 0 Å². The monoisotopic (exact) mass is 131 g/mol. The van der Waals surface area contributed by atoms with Gasteiger partial charge < -0.3 is 0 Å². The Hall–Kier alpha value is -1.62. The molecule has 0 amide bonds. The summed E-state index contributed by atoms with van der Waals surface area (Å²) in [5.41, 5.74) is 0.863. The fourth-order valence-electron chi connectivity index (χ4n) is 0.675. The molecule has 2 heteroatoms. The van der Waals surface area contributed by atoms with E-state index in [1.807, 2.05) is 0 Å². The minimum absolute atomic E-state index is 0.324. The zero-order chi connectivity index (χ0) is 7.40. The normalized spacial score (nSPS) is 8.30. The lowest BCUT2D eigenvalue weighted by Gasteiger charge is -1.90. The smallest absolute Gasteiger partial charge is 0.123 e. The quantitative estimate of drug-likeness (QED) is 0.423. The van der Waals surface area contributed by atoms with Gasteiger partial charge in [0.1, 0.15) is 5.69 Å². The van der Waals surface area contributed by atoms with Crippen LogP contribution in [0.1, 0.15) is 5.56 Å². The third-order valence-corrected chi connectivity index (χ3v) is 1.16. The number of benzene rings is 1. The first-order valence-corrected chi connectivity index (χ1v) is 2.77. The lowest BCUT2D eigenvalue weighted by Crippen LogP contribution is -1.71. The SMILES string of the molecule is C#Cc1ccccc1N=O. The number of hydrogen-bond donors (Lipinski definition) is 0. The molecule has 0 atom stereocenters. The van der Waals surface area contributed by atoms with E-state index in [0.717, 1.165) is 0 Å². The van der Waals surface area contributed by atoms with Crippen LogP contribution in [0, 0.1) is 17.3 Å². The second-order valence-corrected chi connectivity index (χ2v) is 1.75. The Bertz CT molecular complexity index is 286. The molecule has 0 spiro atoms. The third-order valence-electron chi connectivity index (χ3n) is 1.16. The molecule has 48 valence electrons. The first kappa shape index (κ1) is 6.50. The molecule has 0 aliphatic rings. The van der Waals surface area contributed by atoms with Crippen molar-refractivity contribution in [2.24, 2.45) is 5.18 Å². The third kappa shape index (κ3) is 1.03. The van der Waals surface area contributed by atoms with Crippen LogP contribution in [0.4, 0.5) is 5.69 Å². The maximum Gasteiger partial charge on any atom is 0.123 e. The summed E-state index contributed by atoms with van der Waals surface area (Å²) in [5.74, 6) is 2.35. The summed E-state index contributed by atoms with van der Waals surface area (Å²) < 4.78 is 0. The highest BCUT2D eigenvalue weighted by molar-refractivity contribution is 5.53. The molecule has 0 saturated heterocycles. The van der Waals surface area contributed by atoms with Crippen molar-refractivity contribution in [2.45, 2.75) is 0 Å². The van der Waals surface area contributed by atoms with Gasteiger partial charge in [-0.3, -0.25) is 0 Å². The van der Waals surface area contributed by atoms with Gasteiger partial charge in [0.25, 0.3) is 0 Å². The summed E-state index contributed by atoms with van der Waals surface area (Å²) >= 11 is 0. The van der Waals surface area contributed by atoms with Crippen LogP contribution in [0.5, 0.6) is 0 Å². The molecule has 0 radical (unpaired) electrons. The van der Waals surface area contributed by atoms with Crippen molar-refractivity contribution in [3.63, 3.8) is 0 Å². The largest absolute Gasteiger partial charge is 0.145 e. The van der Waals surface area contributed by atoms with Gasteiger partial charge in [0.2, 0.25) is 0 Å². The summed E-state index contributed by atoms with van der Waals surface area (Å²) in [6.07, 6.45) is 5.08. The zero-order valence-electron chi connectivity index (χ0n) is 5.24. The second-order valence-electron chi connectivity index (χ2n) is 1.75. The van der Waals surface area contributed by atoms with E-state index >= 15 is 0 Å². The van der Waals surface area contributed by atoms with E-state index in [-0.39, 0.29) is 0 Å². The van der Waals surface area contributed by atoms with Gasteiger partial charge in [-0.2, -0.15) is 0 Å². The lowest BCUT2D eigenvalue weighted by molar-refractivity contribution is 1.47. The maximum atomic E-state index is 10.0. The van der Waals surface area contributed by atoms with Gasteiger partial charge in [0.05, 0.1) is 5.56 Å². The summed E-state index contributed by atoms with van der Waals surface area (Å²) in [6.45, 7) is 0. The fraction of sp³-hybridized carbons (Fsp3) is 0. The van der Waals surface area contributed by atoms with Crippen LogP contribution in [-0.2, 0) is 0 Å². The maximum absolute atomic E-state index is 10.0. The molecular weight excluding hydrogens is 126 g/mol. The van der Waals surface area contributed by atoms with Gasteiger partial charge in [-0.15, -0.1) is 11.3 Å². The van der Waals surface area contributed by atoms with Crippen LogP contribution in [0.2, 0.25) is 0 Å². The number of hydrogen-bond acceptors (Lipinski definition) is 2. The van der Waals surface area contributed by atoms with Crippen LogP contribution in [0.15, 0.2) is 29.4 Å². The standard InChI is InChI=1S/C8H5NO/c1-2-7-5-3-4-6-8(7)9-10/h1,3-6H. The van der Waals surface area contributed by atoms with Crippen molar-refractivity contribution in [3.05, 3.63) is 34.7 Å². The van der Waals surface area contributed by atoms with Gasteiger partial charge in [-0.1, -0.05) is 18.1 Å². The Balaban J connectivity index is 3.24. The minimum atomic E-state index is 0.324. The molecule has 0 saturated carbocycles. The van der Waals surface area contributed by atoms with Crippen molar-refractivity contribution < 1.29 is 0 Å². The summed E-state index contributed by atoms with van der Waals surface area (Å²) in [5, 5.41) is 2.75. The Labute approximate surface area is 58.9 Å². The molecule has 2 nitrogen and oxygen atoms in total. The molecule has 0 unspecified atom stereocenters. The Morgan fingerprint density at radius 2 is 2.10 bits per heavy atom. The molecular formula is C8H5NO. The average molecular weight is 131 g/mol. The van der Waals surface area contributed by atoms with Gasteiger partial charge in [0, 0.05) is 0 Å². The van der Waals surface area contributed by atoms with Crippen LogP contribution < -0.4 is 0 Å². The van der Waals surface area contributed by atoms with E-state index in [0.29, 0.717) is 11.3 Å². The molecule has 0 fully saturated rings. The molecule has 0 heterocycles. The highest BCUT2D eigenvalue weighted by Crippen LogP contribution is 2.15. The molecule has 1 aromatic rings. The molecule has 1 rings (SSSR count). The van der Waals surface area contributed by atoms with Crippen molar-refractivity contribution in [2.75, 3.05) is 0 Å². The van der Waals surface area contributed by atoms with E-state index in [4.69, 9.17) is 6.42 Å². The second kappa shape index (κ2) is 2.79. The molecule has 1 aromatic carbocycles. The Morgan fingerprint density at radius 1 is 1.40 bits per heavy atom. The minimum Gasteiger partial charge on any atom is -0.145 e. The topological polar surface area (TPSA) is 29.4 Å². The number of terminal acetylenes is 1. The Kier molecular flexibility index (Phi) is 1.81. The number of nitrogens with zero attached hydrogens (tertiary/aromatic N) is 1. The van der Waals surface area contributed by atoms with Crippen LogP contribution in [0.25, 0.3) is 0 Å². The Morgan fingerprint density at radius 3 is 2.60 bits per heavy atom. The van der Waals surface area contributed by atoms with E-state index in [1.54, 1.807) is 24.3 Å². The molecule has 0 N–H and O–H groups in total. The van der Waals surface area contributed by atoms with Gasteiger partial charge in [-0.25, -0.2) is 0 Å². The van der Waals surface area contributed by atoms with Gasteiger partial charge >= 0.3 is 0 Å². The van der Waals surface area contributed by atoms with E-state index in [9.17, 15) is 4.91 Å². The predicted molar refractivity (Wildman–Crippen MR) is 39.8 cm³/mol. The highest BCUT2D eigenvalue weighted by atomic mass is 16.3. The highest BCUT2D eigenvalue weighted by Gasteiger charge is 1.94. The van der Waals surface area contributed by atoms with Crippen molar-refractivity contribution >= 4 is 5.69 Å². The zero-order valence-corrected chi connectivity index (χ0v) is 5.24. The summed E-state index contributed by atoms with van der Waals surface area (Å²) in [7, 11) is 0. The lowest BCUT2D eigenvalue weighted by atomic mass is 10.2. The summed E-state index contributed by atoms with van der Waals surface area (Å²) in [4.78, 5) is 10.0. The van der Waals surface area contributed by atoms with Crippen LogP contribution in [-0.4, -0.2) is 0 Å². The van der Waals surface area contributed by atoms with Crippen molar-refractivity contribution in [3.8, 4) is 12.3 Å². The summed E-state index contributed by atoms with van der Waals surface area (Å²) in [6, 6.07) is 6.75.